The molecule has 1 aromatic rings. The third-order valence-corrected chi connectivity index (χ3v) is 8.26. The van der Waals surface area contributed by atoms with Crippen molar-refractivity contribution in [2.75, 3.05) is 6.54 Å². The lowest BCUT2D eigenvalue weighted by atomic mass is 10.0. The van der Waals surface area contributed by atoms with Crippen molar-refractivity contribution in [1.82, 2.24) is 4.31 Å². The van der Waals surface area contributed by atoms with E-state index in [2.05, 4.69) is 26.0 Å². The molecule has 1 atom stereocenters. The second-order valence-electron chi connectivity index (χ2n) is 8.62. The maximum atomic E-state index is 13.6. The summed E-state index contributed by atoms with van der Waals surface area (Å²) in [7, 11) is -3.50. The molecule has 0 radical (unpaired) electrons. The van der Waals surface area contributed by atoms with Crippen LogP contribution < -0.4 is 0 Å². The molecular weight excluding hydrogens is 378 g/mol. The fraction of sp³-hybridized carbons (Fsp3) is 0.600. The second-order valence-corrected chi connectivity index (χ2v) is 10.5. The van der Waals surface area contributed by atoms with E-state index in [9.17, 15) is 8.42 Å². The Hall–Kier alpha value is -1.39. The third kappa shape index (κ3) is 5.40. The van der Waals surface area contributed by atoms with Gasteiger partial charge in [0.15, 0.2) is 0 Å². The summed E-state index contributed by atoms with van der Waals surface area (Å²) in [6.07, 6.45) is 14.4. The highest BCUT2D eigenvalue weighted by molar-refractivity contribution is 7.89. The number of aryl methyl sites for hydroxylation is 1. The Labute approximate surface area is 177 Å². The molecule has 160 valence electrons. The number of unbranched alkanes of at least 4 members (excludes halogenated alkanes) is 2. The van der Waals surface area contributed by atoms with E-state index in [0.717, 1.165) is 37.7 Å². The smallest absolute Gasteiger partial charge is 0.207 e. The van der Waals surface area contributed by atoms with Crippen LogP contribution in [0.15, 0.2) is 52.5 Å². The van der Waals surface area contributed by atoms with Crippen molar-refractivity contribution in [3.05, 3.63) is 53.1 Å². The molecule has 0 bridgehead atoms. The van der Waals surface area contributed by atoms with Crippen LogP contribution in [-0.2, 0) is 10.0 Å². The molecule has 1 unspecified atom stereocenters. The van der Waals surface area contributed by atoms with Gasteiger partial charge in [-0.25, -0.2) is 8.42 Å². The van der Waals surface area contributed by atoms with Crippen molar-refractivity contribution in [2.45, 2.75) is 89.5 Å². The second kappa shape index (κ2) is 10.1. The van der Waals surface area contributed by atoms with Gasteiger partial charge in [0.05, 0.1) is 4.90 Å². The lowest BCUT2D eigenvalue weighted by Crippen LogP contribution is -2.41. The summed E-state index contributed by atoms with van der Waals surface area (Å²) in [6, 6.07) is 7.31. The first-order chi connectivity index (χ1) is 14.0. The molecule has 3 nitrogen and oxygen atoms in total. The number of hydrogen-bond acceptors (Lipinski definition) is 2. The number of allylic oxidation sites excluding steroid dienone is 1. The average molecular weight is 416 g/mol. The molecule has 1 aromatic carbocycles. The highest BCUT2D eigenvalue weighted by Crippen LogP contribution is 2.47. The lowest BCUT2D eigenvalue weighted by molar-refractivity contribution is 0.326. The van der Waals surface area contributed by atoms with Gasteiger partial charge in [-0.1, -0.05) is 67.7 Å². The van der Waals surface area contributed by atoms with Gasteiger partial charge in [0.25, 0.3) is 0 Å². The van der Waals surface area contributed by atoms with Crippen molar-refractivity contribution in [3.8, 4) is 0 Å². The summed E-state index contributed by atoms with van der Waals surface area (Å²) in [4.78, 5) is 0.424. The van der Waals surface area contributed by atoms with Crippen LogP contribution in [0.2, 0.25) is 0 Å². The molecule has 2 aliphatic rings. The van der Waals surface area contributed by atoms with Crippen LogP contribution in [-0.4, -0.2) is 25.3 Å². The van der Waals surface area contributed by atoms with Gasteiger partial charge in [-0.05, 0) is 64.0 Å². The van der Waals surface area contributed by atoms with Crippen molar-refractivity contribution in [2.24, 2.45) is 5.92 Å². The fourth-order valence-corrected chi connectivity index (χ4v) is 6.10. The largest absolute Gasteiger partial charge is 0.243 e. The molecule has 0 heterocycles. The van der Waals surface area contributed by atoms with Crippen LogP contribution in [0.5, 0.6) is 0 Å². The average Bonchev–Trinajstić information content (AvgIpc) is 3.40. The zero-order valence-corrected chi connectivity index (χ0v) is 19.2. The van der Waals surface area contributed by atoms with Crippen LogP contribution in [0.25, 0.3) is 0 Å². The highest BCUT2D eigenvalue weighted by Gasteiger charge is 2.41. The van der Waals surface area contributed by atoms with Crippen molar-refractivity contribution in [3.63, 3.8) is 0 Å². The molecule has 3 rings (SSSR count). The topological polar surface area (TPSA) is 37.4 Å². The quantitative estimate of drug-likeness (QED) is 0.392. The van der Waals surface area contributed by atoms with E-state index < -0.39 is 10.0 Å². The minimum Gasteiger partial charge on any atom is -0.207 e. The molecule has 0 spiro atoms. The molecule has 2 aliphatic carbocycles. The summed E-state index contributed by atoms with van der Waals surface area (Å²) < 4.78 is 29.1. The first-order valence-electron chi connectivity index (χ1n) is 11.5. The van der Waals surface area contributed by atoms with E-state index in [-0.39, 0.29) is 6.04 Å². The Balaban J connectivity index is 1.83. The molecule has 0 amide bonds. The Kier molecular flexibility index (Phi) is 7.75. The van der Waals surface area contributed by atoms with Gasteiger partial charge in [0, 0.05) is 18.5 Å². The van der Waals surface area contributed by atoms with E-state index in [1.165, 1.54) is 25.7 Å². The maximum Gasteiger partial charge on any atom is 0.243 e. The summed E-state index contributed by atoms with van der Waals surface area (Å²) in [5, 5.41) is 0. The normalized spacial score (nSPS) is 19.9. The summed E-state index contributed by atoms with van der Waals surface area (Å²) >= 11 is 0. The molecule has 4 heteroatoms. The minimum absolute atomic E-state index is 0.0181. The summed E-state index contributed by atoms with van der Waals surface area (Å²) in [5.74, 6) is 0.364. The van der Waals surface area contributed by atoms with E-state index in [1.54, 1.807) is 23.3 Å². The monoisotopic (exact) mass is 415 g/mol. The summed E-state index contributed by atoms with van der Waals surface area (Å²) in [6.45, 7) is 7.06. The van der Waals surface area contributed by atoms with Crippen molar-refractivity contribution < 1.29 is 8.42 Å². The van der Waals surface area contributed by atoms with Crippen LogP contribution in [0.1, 0.15) is 77.2 Å². The van der Waals surface area contributed by atoms with Gasteiger partial charge in [0.1, 0.15) is 0 Å². The van der Waals surface area contributed by atoms with Gasteiger partial charge < -0.3 is 0 Å². The number of rotatable bonds is 11. The van der Waals surface area contributed by atoms with Crippen LogP contribution in [0, 0.1) is 12.8 Å². The molecule has 0 saturated carbocycles. The number of hydrogen-bond donors (Lipinski definition) is 0. The van der Waals surface area contributed by atoms with Gasteiger partial charge >= 0.3 is 0 Å². The Bertz CT molecular complexity index is 818. The van der Waals surface area contributed by atoms with E-state index in [4.69, 9.17) is 0 Å². The van der Waals surface area contributed by atoms with Crippen molar-refractivity contribution >= 4 is 10.0 Å². The number of benzene rings is 1. The molecule has 0 saturated heterocycles. The molecule has 0 fully saturated rings. The number of nitrogens with zero attached hydrogens (tertiary/aromatic N) is 1. The Morgan fingerprint density at radius 2 is 1.62 bits per heavy atom. The van der Waals surface area contributed by atoms with Gasteiger partial charge in [-0.3, -0.25) is 0 Å². The van der Waals surface area contributed by atoms with E-state index >= 15 is 0 Å². The molecule has 0 aliphatic heterocycles. The Morgan fingerprint density at radius 3 is 2.14 bits per heavy atom. The van der Waals surface area contributed by atoms with Crippen LogP contribution in [0.3, 0.4) is 0 Å². The van der Waals surface area contributed by atoms with Crippen LogP contribution >= 0.6 is 0 Å². The molecule has 0 aromatic heterocycles. The highest BCUT2D eigenvalue weighted by atomic mass is 32.2. The standard InChI is InChI=1S/C25H37NO2S/c1-4-6-13-23-24(14-7-5-2)25(23)19-26(21-11-9-8-10-12-21)29(27,28)22-17-15-20(3)16-18-22/h9,11,15-18,21,25H,4-8,10,12-14,19H2,1-3H3. The van der Waals surface area contributed by atoms with E-state index in [0.29, 0.717) is 17.4 Å². The molecule has 29 heavy (non-hydrogen) atoms. The predicted octanol–water partition coefficient (Wildman–Crippen LogP) is 6.40. The minimum atomic E-state index is -3.50. The SMILES string of the molecule is CCCCC1=C(CCCC)C1CN(C1C=CCCC1)S(=O)(=O)c1ccc(C)cc1. The summed E-state index contributed by atoms with van der Waals surface area (Å²) in [5.41, 5.74) is 4.18. The maximum absolute atomic E-state index is 13.6. The van der Waals surface area contributed by atoms with E-state index in [1.807, 2.05) is 23.4 Å². The first-order valence-corrected chi connectivity index (χ1v) is 12.9. The predicted molar refractivity (Wildman–Crippen MR) is 121 cm³/mol. The van der Waals surface area contributed by atoms with Gasteiger partial charge in [0.2, 0.25) is 10.0 Å². The van der Waals surface area contributed by atoms with Crippen molar-refractivity contribution in [1.29, 1.82) is 0 Å². The van der Waals surface area contributed by atoms with Gasteiger partial charge in [-0.15, -0.1) is 0 Å². The number of sulfonamides is 1. The zero-order valence-electron chi connectivity index (χ0n) is 18.4. The fourth-order valence-electron chi connectivity index (χ4n) is 4.47. The Morgan fingerprint density at radius 1 is 1.00 bits per heavy atom. The third-order valence-electron chi connectivity index (χ3n) is 6.36. The zero-order chi connectivity index (χ0) is 20.9. The lowest BCUT2D eigenvalue weighted by Gasteiger charge is -2.31. The molecular formula is C25H37NO2S. The molecule has 0 N–H and O–H groups in total. The first kappa shape index (κ1) is 22.3. The van der Waals surface area contributed by atoms with Gasteiger partial charge in [-0.2, -0.15) is 4.31 Å². The van der Waals surface area contributed by atoms with Crippen LogP contribution in [0.4, 0.5) is 0 Å².